The molecule has 0 aliphatic heterocycles. The maximum atomic E-state index is 12.1. The van der Waals surface area contributed by atoms with Crippen LogP contribution in [0.15, 0.2) is 17.2 Å². The molecule has 0 atom stereocenters. The molecule has 1 aromatic rings. The Morgan fingerprint density at radius 3 is 2.33 bits per heavy atom. The van der Waals surface area contributed by atoms with Crippen LogP contribution in [0, 0.1) is 6.92 Å². The molecule has 84 valence electrons. The molecule has 15 heavy (non-hydrogen) atoms. The lowest BCUT2D eigenvalue weighted by atomic mass is 10.1. The highest BCUT2D eigenvalue weighted by Crippen LogP contribution is 2.37. The van der Waals surface area contributed by atoms with Gasteiger partial charge in [-0.3, -0.25) is 4.98 Å². The SMILES string of the molecule is Cc1cc(SC(F)(F)F)cnc1C(C)C. The van der Waals surface area contributed by atoms with E-state index in [2.05, 4.69) is 4.98 Å². The number of hydrogen-bond acceptors (Lipinski definition) is 2. The molecule has 5 heteroatoms. The Morgan fingerprint density at radius 2 is 1.93 bits per heavy atom. The number of halogens is 3. The van der Waals surface area contributed by atoms with Crippen LogP contribution in [0.1, 0.15) is 31.0 Å². The molecule has 0 spiro atoms. The Kier molecular flexibility index (Phi) is 3.65. The van der Waals surface area contributed by atoms with Crippen LogP contribution >= 0.6 is 11.8 Å². The highest BCUT2D eigenvalue weighted by molar-refractivity contribution is 8.00. The van der Waals surface area contributed by atoms with Crippen molar-refractivity contribution in [2.75, 3.05) is 0 Å². The van der Waals surface area contributed by atoms with Gasteiger partial charge in [0.15, 0.2) is 0 Å². The van der Waals surface area contributed by atoms with Crippen molar-refractivity contribution in [1.82, 2.24) is 4.98 Å². The van der Waals surface area contributed by atoms with E-state index in [4.69, 9.17) is 0 Å². The fraction of sp³-hybridized carbons (Fsp3) is 0.500. The van der Waals surface area contributed by atoms with Gasteiger partial charge in [0.25, 0.3) is 0 Å². The molecule has 0 aliphatic rings. The first kappa shape index (κ1) is 12.4. The summed E-state index contributed by atoms with van der Waals surface area (Å²) in [5.41, 5.74) is -2.59. The number of pyridine rings is 1. The second-order valence-corrected chi connectivity index (χ2v) is 4.71. The van der Waals surface area contributed by atoms with E-state index in [1.54, 1.807) is 6.92 Å². The van der Waals surface area contributed by atoms with Crippen LogP contribution in [-0.4, -0.2) is 10.5 Å². The minimum atomic E-state index is -4.24. The topological polar surface area (TPSA) is 12.9 Å². The summed E-state index contributed by atoms with van der Waals surface area (Å²) in [5.74, 6) is 0.231. The summed E-state index contributed by atoms with van der Waals surface area (Å²) in [6.45, 7) is 5.71. The molecule has 0 aromatic carbocycles. The zero-order valence-corrected chi connectivity index (χ0v) is 9.54. The third-order valence-corrected chi connectivity index (χ3v) is 2.56. The Hall–Kier alpha value is -0.710. The van der Waals surface area contributed by atoms with Gasteiger partial charge in [-0.2, -0.15) is 13.2 Å². The summed E-state index contributed by atoms with van der Waals surface area (Å²) < 4.78 is 36.2. The predicted octanol–water partition coefficient (Wildman–Crippen LogP) is 4.13. The van der Waals surface area contributed by atoms with Crippen LogP contribution in [0.2, 0.25) is 0 Å². The monoisotopic (exact) mass is 235 g/mol. The van der Waals surface area contributed by atoms with Gasteiger partial charge in [-0.15, -0.1) is 0 Å². The smallest absolute Gasteiger partial charge is 0.260 e. The average Bonchev–Trinajstić information content (AvgIpc) is 1.99. The molecule has 0 amide bonds. The summed E-state index contributed by atoms with van der Waals surface area (Å²) in [5, 5.41) is 0. The Balaban J connectivity index is 2.92. The maximum Gasteiger partial charge on any atom is 0.446 e. The zero-order chi connectivity index (χ0) is 11.6. The lowest BCUT2D eigenvalue weighted by molar-refractivity contribution is -0.0328. The van der Waals surface area contributed by atoms with Crippen molar-refractivity contribution in [3.05, 3.63) is 23.5 Å². The van der Waals surface area contributed by atoms with Gasteiger partial charge < -0.3 is 0 Å². The van der Waals surface area contributed by atoms with E-state index in [-0.39, 0.29) is 22.6 Å². The van der Waals surface area contributed by atoms with Crippen molar-refractivity contribution in [3.8, 4) is 0 Å². The van der Waals surface area contributed by atoms with E-state index >= 15 is 0 Å². The second-order valence-electron chi connectivity index (χ2n) is 3.58. The molecular weight excluding hydrogens is 223 g/mol. The number of nitrogens with zero attached hydrogens (tertiary/aromatic N) is 1. The number of hydrogen-bond donors (Lipinski definition) is 0. The highest BCUT2D eigenvalue weighted by atomic mass is 32.2. The molecular formula is C10H12F3NS. The molecule has 0 N–H and O–H groups in total. The minimum Gasteiger partial charge on any atom is -0.260 e. The van der Waals surface area contributed by atoms with Gasteiger partial charge in [-0.1, -0.05) is 13.8 Å². The van der Waals surface area contributed by atoms with Crippen molar-refractivity contribution < 1.29 is 13.2 Å². The van der Waals surface area contributed by atoms with Gasteiger partial charge in [-0.25, -0.2) is 0 Å². The average molecular weight is 235 g/mol. The Morgan fingerprint density at radius 1 is 1.33 bits per heavy atom. The van der Waals surface area contributed by atoms with Crippen LogP contribution in [0.4, 0.5) is 13.2 Å². The quantitative estimate of drug-likeness (QED) is 0.715. The van der Waals surface area contributed by atoms with Crippen LogP contribution in [0.25, 0.3) is 0 Å². The molecule has 1 nitrogen and oxygen atoms in total. The number of aryl methyl sites for hydroxylation is 1. The third-order valence-electron chi connectivity index (χ3n) is 1.87. The van der Waals surface area contributed by atoms with Gasteiger partial charge in [0.05, 0.1) is 0 Å². The summed E-state index contributed by atoms with van der Waals surface area (Å²) in [6, 6.07) is 1.53. The fourth-order valence-corrected chi connectivity index (χ4v) is 1.96. The van der Waals surface area contributed by atoms with Crippen molar-refractivity contribution in [3.63, 3.8) is 0 Å². The molecule has 1 rings (SSSR count). The van der Waals surface area contributed by atoms with Crippen LogP contribution in [0.5, 0.6) is 0 Å². The van der Waals surface area contributed by atoms with E-state index < -0.39 is 5.51 Å². The molecule has 0 radical (unpaired) electrons. The molecule has 1 aromatic heterocycles. The summed E-state index contributed by atoms with van der Waals surface area (Å²) in [6.07, 6.45) is 1.28. The zero-order valence-electron chi connectivity index (χ0n) is 8.72. The van der Waals surface area contributed by atoms with E-state index in [9.17, 15) is 13.2 Å². The summed E-state index contributed by atoms with van der Waals surface area (Å²) >= 11 is -0.127. The highest BCUT2D eigenvalue weighted by Gasteiger charge is 2.29. The normalized spacial score (nSPS) is 12.2. The molecule has 0 saturated heterocycles. The fourth-order valence-electron chi connectivity index (χ4n) is 1.35. The summed E-state index contributed by atoms with van der Waals surface area (Å²) in [4.78, 5) is 4.18. The molecule has 0 aliphatic carbocycles. The maximum absolute atomic E-state index is 12.1. The third kappa shape index (κ3) is 3.74. The molecule has 1 heterocycles. The molecule has 0 unspecified atom stereocenters. The summed E-state index contributed by atoms with van der Waals surface area (Å²) in [7, 11) is 0. The predicted molar refractivity (Wildman–Crippen MR) is 55.0 cm³/mol. The molecule has 0 fully saturated rings. The lowest BCUT2D eigenvalue weighted by Crippen LogP contribution is -2.01. The van der Waals surface area contributed by atoms with Crippen molar-refractivity contribution in [2.45, 2.75) is 37.1 Å². The van der Waals surface area contributed by atoms with Gasteiger partial charge in [0.2, 0.25) is 0 Å². The van der Waals surface area contributed by atoms with E-state index in [0.29, 0.717) is 0 Å². The minimum absolute atomic E-state index is 0.127. The van der Waals surface area contributed by atoms with Crippen LogP contribution < -0.4 is 0 Å². The van der Waals surface area contributed by atoms with Gasteiger partial charge in [0, 0.05) is 16.8 Å². The Labute approximate surface area is 91.1 Å². The van der Waals surface area contributed by atoms with Gasteiger partial charge in [-0.05, 0) is 36.2 Å². The molecule has 0 saturated carbocycles. The van der Waals surface area contributed by atoms with E-state index in [0.717, 1.165) is 11.3 Å². The van der Waals surface area contributed by atoms with E-state index in [1.807, 2.05) is 13.8 Å². The first-order chi connectivity index (χ1) is 6.79. The number of aromatic nitrogens is 1. The Bertz CT molecular complexity index is 347. The van der Waals surface area contributed by atoms with E-state index in [1.165, 1.54) is 12.3 Å². The largest absolute Gasteiger partial charge is 0.446 e. The van der Waals surface area contributed by atoms with Crippen LogP contribution in [-0.2, 0) is 0 Å². The number of rotatable bonds is 2. The second kappa shape index (κ2) is 4.43. The van der Waals surface area contributed by atoms with Gasteiger partial charge >= 0.3 is 5.51 Å². The number of alkyl halides is 3. The first-order valence-corrected chi connectivity index (χ1v) is 5.33. The molecule has 0 bridgehead atoms. The standard InChI is InChI=1S/C10H12F3NS/c1-6(2)9-7(3)4-8(5-14-9)15-10(11,12)13/h4-6H,1-3H3. The van der Waals surface area contributed by atoms with Crippen molar-refractivity contribution in [2.24, 2.45) is 0 Å². The van der Waals surface area contributed by atoms with Crippen molar-refractivity contribution >= 4 is 11.8 Å². The van der Waals surface area contributed by atoms with Crippen LogP contribution in [0.3, 0.4) is 0 Å². The number of thioether (sulfide) groups is 1. The van der Waals surface area contributed by atoms with Gasteiger partial charge in [0.1, 0.15) is 0 Å². The lowest BCUT2D eigenvalue weighted by Gasteiger charge is -2.10. The first-order valence-electron chi connectivity index (χ1n) is 4.52. The van der Waals surface area contributed by atoms with Crippen molar-refractivity contribution in [1.29, 1.82) is 0 Å².